The van der Waals surface area contributed by atoms with E-state index in [0.29, 0.717) is 26.3 Å². The molecule has 0 spiro atoms. The van der Waals surface area contributed by atoms with Crippen molar-refractivity contribution in [3.63, 3.8) is 0 Å². The number of amides is 2. The number of nitrogens with zero attached hydrogens (tertiary/aromatic N) is 2. The van der Waals surface area contributed by atoms with Crippen LogP contribution in [0.3, 0.4) is 0 Å². The van der Waals surface area contributed by atoms with Gasteiger partial charge in [0.25, 0.3) is 0 Å². The summed E-state index contributed by atoms with van der Waals surface area (Å²) in [5, 5.41) is 3.02. The van der Waals surface area contributed by atoms with E-state index in [1.165, 1.54) is 0 Å². The van der Waals surface area contributed by atoms with Gasteiger partial charge in [-0.25, -0.2) is 0 Å². The lowest BCUT2D eigenvalue weighted by Crippen LogP contribution is -2.37. The molecule has 0 atom stereocenters. The molecule has 2 aromatic carbocycles. The van der Waals surface area contributed by atoms with Crippen molar-refractivity contribution < 1.29 is 14.3 Å². The fraction of sp³-hybridized carbons (Fsp3) is 0.391. The fourth-order valence-electron chi connectivity index (χ4n) is 3.49. The SMILES string of the molecule is CC(=O)N(CCC(=O)Nc1ccccc1N1CCOCC1)Cc1cccc(C)c1. The summed E-state index contributed by atoms with van der Waals surface area (Å²) in [5.74, 6) is -0.130. The topological polar surface area (TPSA) is 61.9 Å². The van der Waals surface area contributed by atoms with Crippen LogP contribution in [0.2, 0.25) is 0 Å². The molecule has 1 aliphatic rings. The van der Waals surface area contributed by atoms with E-state index in [4.69, 9.17) is 4.74 Å². The number of benzene rings is 2. The van der Waals surface area contributed by atoms with Gasteiger partial charge in [-0.05, 0) is 24.6 Å². The van der Waals surface area contributed by atoms with E-state index >= 15 is 0 Å². The zero-order valence-electron chi connectivity index (χ0n) is 17.2. The molecule has 0 aliphatic carbocycles. The summed E-state index contributed by atoms with van der Waals surface area (Å²) < 4.78 is 5.42. The number of carbonyl (C=O) groups excluding carboxylic acids is 2. The van der Waals surface area contributed by atoms with E-state index in [9.17, 15) is 9.59 Å². The summed E-state index contributed by atoms with van der Waals surface area (Å²) in [7, 11) is 0. The summed E-state index contributed by atoms with van der Waals surface area (Å²) in [6.45, 7) is 7.46. The van der Waals surface area contributed by atoms with Gasteiger partial charge in [0.15, 0.2) is 0 Å². The van der Waals surface area contributed by atoms with E-state index < -0.39 is 0 Å². The van der Waals surface area contributed by atoms with Crippen LogP contribution in [0.5, 0.6) is 0 Å². The van der Waals surface area contributed by atoms with E-state index in [2.05, 4.69) is 16.3 Å². The molecule has 0 saturated carbocycles. The molecule has 1 aliphatic heterocycles. The number of nitrogens with one attached hydrogen (secondary N) is 1. The van der Waals surface area contributed by atoms with Crippen molar-refractivity contribution in [3.8, 4) is 0 Å². The number of para-hydroxylation sites is 2. The van der Waals surface area contributed by atoms with Gasteiger partial charge >= 0.3 is 0 Å². The van der Waals surface area contributed by atoms with Gasteiger partial charge in [-0.1, -0.05) is 42.0 Å². The highest BCUT2D eigenvalue weighted by atomic mass is 16.5. The van der Waals surface area contributed by atoms with Crippen molar-refractivity contribution in [1.82, 2.24) is 4.90 Å². The predicted molar refractivity (Wildman–Crippen MR) is 115 cm³/mol. The maximum atomic E-state index is 12.6. The van der Waals surface area contributed by atoms with Crippen molar-refractivity contribution in [2.45, 2.75) is 26.8 Å². The second kappa shape index (κ2) is 10.1. The molecule has 1 N–H and O–H groups in total. The lowest BCUT2D eigenvalue weighted by molar-refractivity contribution is -0.129. The minimum Gasteiger partial charge on any atom is -0.378 e. The number of ether oxygens (including phenoxy) is 1. The minimum atomic E-state index is -0.0961. The van der Waals surface area contributed by atoms with Crippen LogP contribution in [-0.2, 0) is 20.9 Å². The lowest BCUT2D eigenvalue weighted by atomic mass is 10.1. The summed E-state index contributed by atoms with van der Waals surface area (Å²) in [4.78, 5) is 28.6. The molecule has 154 valence electrons. The molecule has 2 amide bonds. The Balaban J connectivity index is 1.59. The Bertz CT molecular complexity index is 847. The minimum absolute atomic E-state index is 0.0342. The first-order valence-electron chi connectivity index (χ1n) is 10.1. The third-order valence-corrected chi connectivity index (χ3v) is 5.04. The Morgan fingerprint density at radius 2 is 1.86 bits per heavy atom. The monoisotopic (exact) mass is 395 g/mol. The third kappa shape index (κ3) is 6.06. The Kier molecular flexibility index (Phi) is 7.25. The first kappa shape index (κ1) is 20.9. The van der Waals surface area contributed by atoms with Crippen molar-refractivity contribution in [2.75, 3.05) is 43.1 Å². The summed E-state index contributed by atoms with van der Waals surface area (Å²) in [6.07, 6.45) is 0.253. The highest BCUT2D eigenvalue weighted by Crippen LogP contribution is 2.26. The van der Waals surface area contributed by atoms with Crippen LogP contribution in [0.15, 0.2) is 48.5 Å². The number of rotatable bonds is 7. The van der Waals surface area contributed by atoms with Gasteiger partial charge in [-0.3, -0.25) is 9.59 Å². The summed E-state index contributed by atoms with van der Waals surface area (Å²) in [6, 6.07) is 15.9. The molecule has 0 aromatic heterocycles. The van der Waals surface area contributed by atoms with Gasteiger partial charge in [0.05, 0.1) is 24.6 Å². The lowest BCUT2D eigenvalue weighted by Gasteiger charge is -2.30. The zero-order valence-corrected chi connectivity index (χ0v) is 17.2. The van der Waals surface area contributed by atoms with Crippen LogP contribution in [0.4, 0.5) is 11.4 Å². The number of morpholine rings is 1. The Morgan fingerprint density at radius 3 is 2.59 bits per heavy atom. The Hall–Kier alpha value is -2.86. The fourth-order valence-corrected chi connectivity index (χ4v) is 3.49. The number of hydrogen-bond donors (Lipinski definition) is 1. The smallest absolute Gasteiger partial charge is 0.226 e. The summed E-state index contributed by atoms with van der Waals surface area (Å²) >= 11 is 0. The maximum absolute atomic E-state index is 12.6. The normalized spacial score (nSPS) is 13.8. The molecular weight excluding hydrogens is 366 g/mol. The van der Waals surface area contributed by atoms with Crippen molar-refractivity contribution in [2.24, 2.45) is 0 Å². The quantitative estimate of drug-likeness (QED) is 0.782. The molecule has 3 rings (SSSR count). The van der Waals surface area contributed by atoms with Crippen molar-refractivity contribution in [3.05, 3.63) is 59.7 Å². The zero-order chi connectivity index (χ0) is 20.6. The Morgan fingerprint density at radius 1 is 1.10 bits per heavy atom. The number of anilines is 2. The molecule has 0 unspecified atom stereocenters. The molecule has 1 saturated heterocycles. The molecule has 2 aromatic rings. The standard InChI is InChI=1S/C23H29N3O3/c1-18-6-5-7-20(16-18)17-26(19(2)27)11-10-23(28)24-21-8-3-4-9-22(21)25-12-14-29-15-13-25/h3-9,16H,10-15,17H2,1-2H3,(H,24,28). The molecule has 1 fully saturated rings. The molecular formula is C23H29N3O3. The second-order valence-electron chi connectivity index (χ2n) is 7.34. The number of aryl methyl sites for hydroxylation is 1. The van der Waals surface area contributed by atoms with Gasteiger partial charge in [0.1, 0.15) is 0 Å². The van der Waals surface area contributed by atoms with E-state index in [1.807, 2.05) is 49.4 Å². The van der Waals surface area contributed by atoms with Crippen molar-refractivity contribution >= 4 is 23.2 Å². The van der Waals surface area contributed by atoms with Crippen LogP contribution in [0.25, 0.3) is 0 Å². The predicted octanol–water partition coefficient (Wildman–Crippen LogP) is 3.21. The average molecular weight is 396 g/mol. The van der Waals surface area contributed by atoms with Crippen LogP contribution >= 0.6 is 0 Å². The van der Waals surface area contributed by atoms with Crippen LogP contribution in [0.1, 0.15) is 24.5 Å². The van der Waals surface area contributed by atoms with Gasteiger partial charge in [0, 0.05) is 39.5 Å². The molecule has 0 radical (unpaired) electrons. The van der Waals surface area contributed by atoms with Gasteiger partial charge in [-0.15, -0.1) is 0 Å². The highest BCUT2D eigenvalue weighted by molar-refractivity contribution is 5.94. The van der Waals surface area contributed by atoms with Gasteiger partial charge in [0.2, 0.25) is 11.8 Å². The second-order valence-corrected chi connectivity index (χ2v) is 7.34. The van der Waals surface area contributed by atoms with Gasteiger partial charge in [-0.2, -0.15) is 0 Å². The first-order chi connectivity index (χ1) is 14.0. The Labute approximate surface area is 172 Å². The third-order valence-electron chi connectivity index (χ3n) is 5.04. The van der Waals surface area contributed by atoms with E-state index in [-0.39, 0.29) is 18.2 Å². The molecule has 6 heteroatoms. The van der Waals surface area contributed by atoms with E-state index in [1.54, 1.807) is 11.8 Å². The van der Waals surface area contributed by atoms with Crippen molar-refractivity contribution in [1.29, 1.82) is 0 Å². The summed E-state index contributed by atoms with van der Waals surface area (Å²) in [5.41, 5.74) is 4.03. The van der Waals surface area contributed by atoms with Crippen LogP contribution < -0.4 is 10.2 Å². The molecule has 1 heterocycles. The van der Waals surface area contributed by atoms with Crippen LogP contribution in [-0.4, -0.2) is 49.6 Å². The molecule has 0 bridgehead atoms. The first-order valence-corrected chi connectivity index (χ1v) is 10.1. The number of hydrogen-bond acceptors (Lipinski definition) is 4. The van der Waals surface area contributed by atoms with Crippen LogP contribution in [0, 0.1) is 6.92 Å². The largest absolute Gasteiger partial charge is 0.378 e. The van der Waals surface area contributed by atoms with Gasteiger partial charge < -0.3 is 19.9 Å². The molecule has 29 heavy (non-hydrogen) atoms. The highest BCUT2D eigenvalue weighted by Gasteiger charge is 2.17. The van der Waals surface area contributed by atoms with E-state index in [0.717, 1.165) is 35.6 Å². The molecule has 6 nitrogen and oxygen atoms in total. The average Bonchev–Trinajstić information content (AvgIpc) is 2.72. The maximum Gasteiger partial charge on any atom is 0.226 e. The number of carbonyl (C=O) groups is 2.